The summed E-state index contributed by atoms with van der Waals surface area (Å²) in [5.74, 6) is -1.68. The molecule has 0 spiro atoms. The van der Waals surface area contributed by atoms with Gasteiger partial charge in [-0.1, -0.05) is 6.07 Å². The molecule has 1 amide bonds. The minimum atomic E-state index is -0.901. The molecule has 0 saturated carbocycles. The van der Waals surface area contributed by atoms with E-state index >= 15 is 0 Å². The molecule has 1 aromatic rings. The lowest BCUT2D eigenvalue weighted by molar-refractivity contribution is -0.144. The van der Waals surface area contributed by atoms with E-state index in [4.69, 9.17) is 4.74 Å². The van der Waals surface area contributed by atoms with E-state index in [-0.39, 0.29) is 12.5 Å². The van der Waals surface area contributed by atoms with E-state index in [9.17, 15) is 14.7 Å². The fraction of sp³-hybridized carbons (Fsp3) is 0.562. The normalized spacial score (nSPS) is 22.2. The van der Waals surface area contributed by atoms with E-state index < -0.39 is 23.6 Å². The largest absolute Gasteiger partial charge is 0.481 e. The summed E-state index contributed by atoms with van der Waals surface area (Å²) in [5.41, 5.74) is 0.314. The minimum Gasteiger partial charge on any atom is -0.481 e. The number of carboxylic acid groups (broad SMARTS) is 1. The van der Waals surface area contributed by atoms with E-state index in [0.29, 0.717) is 13.0 Å². The number of hydrogen-bond donors (Lipinski definition) is 1. The first-order chi connectivity index (χ1) is 10.3. The molecule has 6 nitrogen and oxygen atoms in total. The van der Waals surface area contributed by atoms with Crippen LogP contribution in [0.5, 0.6) is 0 Å². The number of carbonyl (C=O) groups is 2. The number of carbonyl (C=O) groups excluding carboxylic acids is 1. The van der Waals surface area contributed by atoms with Crippen molar-refractivity contribution in [3.63, 3.8) is 0 Å². The molecule has 0 radical (unpaired) electrons. The second-order valence-electron chi connectivity index (χ2n) is 6.55. The SMILES string of the molecule is CC(C)(C)OC(=O)N1CC[C@@H](c2cccnc2)[C@@H](C(=O)O)C1. The molecule has 1 N–H and O–H groups in total. The van der Waals surface area contributed by atoms with Crippen LogP contribution in [-0.2, 0) is 9.53 Å². The summed E-state index contributed by atoms with van der Waals surface area (Å²) in [7, 11) is 0. The lowest BCUT2D eigenvalue weighted by Gasteiger charge is -2.37. The molecule has 1 fully saturated rings. The van der Waals surface area contributed by atoms with E-state index in [1.165, 1.54) is 4.90 Å². The van der Waals surface area contributed by atoms with Crippen LogP contribution in [0.25, 0.3) is 0 Å². The van der Waals surface area contributed by atoms with Gasteiger partial charge < -0.3 is 14.7 Å². The molecule has 2 atom stereocenters. The number of carboxylic acids is 1. The van der Waals surface area contributed by atoms with Crippen molar-refractivity contribution in [3.8, 4) is 0 Å². The number of piperidine rings is 1. The number of ether oxygens (including phenoxy) is 1. The molecular weight excluding hydrogens is 284 g/mol. The topological polar surface area (TPSA) is 79.7 Å². The fourth-order valence-electron chi connectivity index (χ4n) is 2.69. The van der Waals surface area contributed by atoms with Crippen LogP contribution in [0.4, 0.5) is 4.79 Å². The van der Waals surface area contributed by atoms with Gasteiger partial charge in [-0.3, -0.25) is 9.78 Å². The third kappa shape index (κ3) is 3.96. The van der Waals surface area contributed by atoms with Gasteiger partial charge in [-0.15, -0.1) is 0 Å². The number of aromatic nitrogens is 1. The van der Waals surface area contributed by atoms with Crippen LogP contribution in [0.3, 0.4) is 0 Å². The lowest BCUT2D eigenvalue weighted by atomic mass is 9.81. The first kappa shape index (κ1) is 16.3. The predicted octanol–water partition coefficient (Wildman–Crippen LogP) is 2.51. The van der Waals surface area contributed by atoms with Gasteiger partial charge in [-0.2, -0.15) is 0 Å². The quantitative estimate of drug-likeness (QED) is 0.908. The molecule has 2 heterocycles. The van der Waals surface area contributed by atoms with Crippen LogP contribution in [0.2, 0.25) is 0 Å². The van der Waals surface area contributed by atoms with Crippen molar-refractivity contribution in [3.05, 3.63) is 30.1 Å². The Morgan fingerprint density at radius 3 is 2.68 bits per heavy atom. The molecule has 6 heteroatoms. The third-order valence-corrected chi connectivity index (χ3v) is 3.69. The van der Waals surface area contributed by atoms with Crippen molar-refractivity contribution < 1.29 is 19.4 Å². The Morgan fingerprint density at radius 2 is 2.14 bits per heavy atom. The highest BCUT2D eigenvalue weighted by molar-refractivity contribution is 5.74. The highest BCUT2D eigenvalue weighted by atomic mass is 16.6. The Kier molecular flexibility index (Phi) is 4.68. The van der Waals surface area contributed by atoms with Crippen molar-refractivity contribution in [1.82, 2.24) is 9.88 Å². The smallest absolute Gasteiger partial charge is 0.410 e. The fourth-order valence-corrected chi connectivity index (χ4v) is 2.69. The maximum Gasteiger partial charge on any atom is 0.410 e. The Labute approximate surface area is 130 Å². The van der Waals surface area contributed by atoms with Crippen molar-refractivity contribution in [2.45, 2.75) is 38.7 Å². The summed E-state index contributed by atoms with van der Waals surface area (Å²) in [6.07, 6.45) is 3.49. The van der Waals surface area contributed by atoms with Gasteiger partial charge in [0, 0.05) is 31.4 Å². The molecule has 0 bridgehead atoms. The number of rotatable bonds is 2. The van der Waals surface area contributed by atoms with Crippen molar-refractivity contribution >= 4 is 12.1 Å². The molecule has 1 aliphatic rings. The highest BCUT2D eigenvalue weighted by Crippen LogP contribution is 2.33. The van der Waals surface area contributed by atoms with Gasteiger partial charge in [0.1, 0.15) is 5.60 Å². The Bertz CT molecular complexity index is 539. The second-order valence-corrected chi connectivity index (χ2v) is 6.55. The average Bonchev–Trinajstić information content (AvgIpc) is 2.45. The standard InChI is InChI=1S/C16H22N2O4/c1-16(2,3)22-15(21)18-8-6-12(13(10-18)14(19)20)11-5-4-7-17-9-11/h4-5,7,9,12-13H,6,8,10H2,1-3H3,(H,19,20)/t12-,13-/m0/s1. The van der Waals surface area contributed by atoms with Gasteiger partial charge in [-0.25, -0.2) is 4.79 Å². The zero-order valence-electron chi connectivity index (χ0n) is 13.2. The van der Waals surface area contributed by atoms with Crippen LogP contribution < -0.4 is 0 Å². The van der Waals surface area contributed by atoms with Gasteiger partial charge in [0.15, 0.2) is 0 Å². The molecule has 0 unspecified atom stereocenters. The van der Waals surface area contributed by atoms with Crippen molar-refractivity contribution in [1.29, 1.82) is 0 Å². The van der Waals surface area contributed by atoms with Crippen LogP contribution in [0.15, 0.2) is 24.5 Å². The Balaban J connectivity index is 2.12. The molecule has 0 aliphatic carbocycles. The van der Waals surface area contributed by atoms with Gasteiger partial charge in [0.25, 0.3) is 0 Å². The average molecular weight is 306 g/mol. The summed E-state index contributed by atoms with van der Waals surface area (Å²) in [5, 5.41) is 9.50. The van der Waals surface area contributed by atoms with E-state index in [1.807, 2.05) is 6.07 Å². The molecule has 22 heavy (non-hydrogen) atoms. The zero-order chi connectivity index (χ0) is 16.3. The summed E-state index contributed by atoms with van der Waals surface area (Å²) in [6.45, 7) is 6.02. The van der Waals surface area contributed by atoms with E-state index in [1.54, 1.807) is 39.2 Å². The minimum absolute atomic E-state index is 0.134. The number of amides is 1. The highest BCUT2D eigenvalue weighted by Gasteiger charge is 2.38. The maximum atomic E-state index is 12.1. The molecule has 0 aromatic carbocycles. The molecule has 1 saturated heterocycles. The van der Waals surface area contributed by atoms with Crippen LogP contribution >= 0.6 is 0 Å². The second kappa shape index (κ2) is 6.34. The van der Waals surface area contributed by atoms with Gasteiger partial charge in [-0.05, 0) is 38.8 Å². The number of nitrogens with zero attached hydrogens (tertiary/aromatic N) is 2. The van der Waals surface area contributed by atoms with E-state index in [2.05, 4.69) is 4.98 Å². The van der Waals surface area contributed by atoms with E-state index in [0.717, 1.165) is 5.56 Å². The Hall–Kier alpha value is -2.11. The Morgan fingerprint density at radius 1 is 1.41 bits per heavy atom. The molecule has 1 aromatic heterocycles. The summed E-state index contributed by atoms with van der Waals surface area (Å²) >= 11 is 0. The molecule has 2 rings (SSSR count). The van der Waals surface area contributed by atoms with Gasteiger partial charge >= 0.3 is 12.1 Å². The van der Waals surface area contributed by atoms with Crippen LogP contribution in [0, 0.1) is 5.92 Å². The maximum absolute atomic E-state index is 12.1. The van der Waals surface area contributed by atoms with Crippen LogP contribution in [0.1, 0.15) is 38.7 Å². The first-order valence-corrected chi connectivity index (χ1v) is 7.38. The van der Waals surface area contributed by atoms with Crippen LogP contribution in [-0.4, -0.2) is 45.7 Å². The molecule has 120 valence electrons. The summed E-state index contributed by atoms with van der Waals surface area (Å²) in [6, 6.07) is 3.69. The first-order valence-electron chi connectivity index (χ1n) is 7.38. The zero-order valence-corrected chi connectivity index (χ0v) is 13.2. The number of pyridine rings is 1. The third-order valence-electron chi connectivity index (χ3n) is 3.69. The number of likely N-dealkylation sites (tertiary alicyclic amines) is 1. The lowest BCUT2D eigenvalue weighted by Crippen LogP contribution is -2.47. The monoisotopic (exact) mass is 306 g/mol. The van der Waals surface area contributed by atoms with Gasteiger partial charge in [0.05, 0.1) is 5.92 Å². The van der Waals surface area contributed by atoms with Gasteiger partial charge in [0.2, 0.25) is 0 Å². The van der Waals surface area contributed by atoms with Crippen molar-refractivity contribution in [2.75, 3.05) is 13.1 Å². The molecular formula is C16H22N2O4. The van der Waals surface area contributed by atoms with Crippen molar-refractivity contribution in [2.24, 2.45) is 5.92 Å². The molecule has 1 aliphatic heterocycles. The predicted molar refractivity (Wildman–Crippen MR) is 80.5 cm³/mol. The summed E-state index contributed by atoms with van der Waals surface area (Å²) in [4.78, 5) is 29.3. The number of aliphatic carboxylic acids is 1. The summed E-state index contributed by atoms with van der Waals surface area (Å²) < 4.78 is 5.33. The number of hydrogen-bond acceptors (Lipinski definition) is 4.